The molecule has 0 radical (unpaired) electrons. The summed E-state index contributed by atoms with van der Waals surface area (Å²) >= 11 is 0. The topological polar surface area (TPSA) is 96.6 Å². The maximum Gasteiger partial charge on any atom is 0.320 e. The lowest BCUT2D eigenvalue weighted by Crippen LogP contribution is -2.42. The number of carbonyl (C=O) groups excluding carboxylic acids is 1. The van der Waals surface area contributed by atoms with E-state index in [-0.39, 0.29) is 6.01 Å². The Morgan fingerprint density at radius 2 is 1.88 bits per heavy atom. The fourth-order valence-electron chi connectivity index (χ4n) is 5.24. The van der Waals surface area contributed by atoms with Crippen molar-refractivity contribution in [2.45, 2.75) is 90.0 Å². The molecule has 186 valence electrons. The van der Waals surface area contributed by atoms with Crippen molar-refractivity contribution in [1.29, 1.82) is 0 Å². The molecule has 8 nitrogen and oxygen atoms in total. The maximum atomic E-state index is 11.9. The number of anilines is 3. The third kappa shape index (κ3) is 7.45. The number of likely N-dealkylation sites (tertiary alicyclic amines) is 1. The van der Waals surface area contributed by atoms with E-state index in [4.69, 9.17) is 10.5 Å². The van der Waals surface area contributed by atoms with Gasteiger partial charge in [-0.3, -0.25) is 9.69 Å². The van der Waals surface area contributed by atoms with E-state index in [1.54, 1.807) is 11.9 Å². The van der Waals surface area contributed by atoms with Crippen molar-refractivity contribution in [3.8, 4) is 6.01 Å². The van der Waals surface area contributed by atoms with Crippen LogP contribution in [0.3, 0.4) is 0 Å². The number of piperidine rings is 1. The number of carbonyl (C=O) groups is 1. The zero-order valence-corrected chi connectivity index (χ0v) is 20.7. The molecule has 1 amide bonds. The molecule has 0 aromatic carbocycles. The third-order valence-electron chi connectivity index (χ3n) is 7.28. The van der Waals surface area contributed by atoms with Crippen LogP contribution in [-0.2, 0) is 4.79 Å². The number of unbranched alkanes of at least 4 members (excludes halogenated alkanes) is 2. The van der Waals surface area contributed by atoms with Gasteiger partial charge >= 0.3 is 6.01 Å². The Labute approximate surface area is 199 Å². The minimum Gasteiger partial charge on any atom is -0.463 e. The number of amides is 1. The van der Waals surface area contributed by atoms with Crippen LogP contribution < -0.4 is 20.7 Å². The van der Waals surface area contributed by atoms with Crippen LogP contribution in [0.25, 0.3) is 0 Å². The molecule has 1 aliphatic heterocycles. The molecule has 0 spiro atoms. The molecule has 1 aromatic rings. The minimum atomic E-state index is 0.228. The van der Waals surface area contributed by atoms with Gasteiger partial charge in [0.15, 0.2) is 11.6 Å². The number of nitrogens with one attached hydrogen (secondary N) is 1. The molecule has 0 atom stereocenters. The highest BCUT2D eigenvalue weighted by Gasteiger charge is 2.26. The summed E-state index contributed by atoms with van der Waals surface area (Å²) in [6.07, 6.45) is 15.8. The number of hydrogen-bond donors (Lipinski definition) is 2. The summed E-state index contributed by atoms with van der Waals surface area (Å²) in [5.41, 5.74) is 6.68. The molecule has 0 bridgehead atoms. The van der Waals surface area contributed by atoms with Crippen molar-refractivity contribution < 1.29 is 9.53 Å². The fraction of sp³-hybridized carbons (Fsp3) is 0.800. The van der Waals surface area contributed by atoms with E-state index in [0.29, 0.717) is 30.5 Å². The normalized spacial score (nSPS) is 18.2. The van der Waals surface area contributed by atoms with Gasteiger partial charge < -0.3 is 20.7 Å². The van der Waals surface area contributed by atoms with Crippen LogP contribution in [0, 0.1) is 5.92 Å². The summed E-state index contributed by atoms with van der Waals surface area (Å²) in [4.78, 5) is 25.0. The lowest BCUT2D eigenvalue weighted by molar-refractivity contribution is -0.107. The Morgan fingerprint density at radius 1 is 1.12 bits per heavy atom. The van der Waals surface area contributed by atoms with E-state index >= 15 is 0 Å². The highest BCUT2D eigenvalue weighted by Crippen LogP contribution is 2.31. The molecular formula is C25H44N6O2. The molecule has 1 aromatic heterocycles. The highest BCUT2D eigenvalue weighted by atomic mass is 16.5. The first-order chi connectivity index (χ1) is 16.2. The van der Waals surface area contributed by atoms with E-state index in [2.05, 4.69) is 27.1 Å². The van der Waals surface area contributed by atoms with Crippen LogP contribution in [0.5, 0.6) is 6.01 Å². The second-order valence-electron chi connectivity index (χ2n) is 9.61. The molecule has 1 saturated heterocycles. The summed E-state index contributed by atoms with van der Waals surface area (Å²) in [5, 5.41) is 3.04. The number of rotatable bonds is 13. The molecule has 3 rings (SSSR count). The highest BCUT2D eigenvalue weighted by molar-refractivity contribution is 5.85. The second kappa shape index (κ2) is 13.6. The van der Waals surface area contributed by atoms with Gasteiger partial charge in [0.05, 0.1) is 6.61 Å². The first kappa shape index (κ1) is 25.5. The molecule has 8 heteroatoms. The van der Waals surface area contributed by atoms with Gasteiger partial charge in [-0.05, 0) is 57.5 Å². The standard InChI is InChI=1S/C25H44N6O2/c1-3-4-18-33-25-28-23(26)22(27-2)24(29-25)31(19-32)15-9-8-10-20-13-16-30(17-14-20)21-11-6-5-7-12-21/h19-21,27H,3-18H2,1-2H3,(H2,26,28,29). The quantitative estimate of drug-likeness (QED) is 0.331. The van der Waals surface area contributed by atoms with Crippen molar-refractivity contribution >= 4 is 23.7 Å². The van der Waals surface area contributed by atoms with Gasteiger partial charge in [0.1, 0.15) is 5.69 Å². The lowest BCUT2D eigenvalue weighted by Gasteiger charge is -2.39. The Hall–Kier alpha value is -2.09. The summed E-state index contributed by atoms with van der Waals surface area (Å²) in [6.45, 7) is 5.78. The molecular weight excluding hydrogens is 416 g/mol. The van der Waals surface area contributed by atoms with Crippen LogP contribution in [0.2, 0.25) is 0 Å². The summed E-state index contributed by atoms with van der Waals surface area (Å²) in [5.74, 6) is 1.61. The summed E-state index contributed by atoms with van der Waals surface area (Å²) in [7, 11) is 1.76. The fourth-order valence-corrected chi connectivity index (χ4v) is 5.24. The van der Waals surface area contributed by atoms with Gasteiger partial charge in [-0.25, -0.2) is 0 Å². The van der Waals surface area contributed by atoms with Gasteiger partial charge in [0.2, 0.25) is 6.41 Å². The predicted molar refractivity (Wildman–Crippen MR) is 135 cm³/mol. The maximum absolute atomic E-state index is 11.9. The molecule has 2 fully saturated rings. The van der Waals surface area contributed by atoms with Crippen molar-refractivity contribution in [2.75, 3.05) is 49.2 Å². The Balaban J connectivity index is 1.46. The van der Waals surface area contributed by atoms with Gasteiger partial charge in [-0.15, -0.1) is 0 Å². The SMILES string of the molecule is CCCCOc1nc(N)c(NC)c(N(C=O)CCCCC2CCN(C3CCCCC3)CC2)n1. The van der Waals surface area contributed by atoms with Gasteiger partial charge in [-0.1, -0.05) is 45.4 Å². The molecule has 2 heterocycles. The van der Waals surface area contributed by atoms with E-state index in [9.17, 15) is 4.79 Å². The monoisotopic (exact) mass is 460 g/mol. The van der Waals surface area contributed by atoms with E-state index in [1.807, 2.05) is 0 Å². The van der Waals surface area contributed by atoms with Crippen LogP contribution in [-0.4, -0.2) is 60.6 Å². The molecule has 33 heavy (non-hydrogen) atoms. The second-order valence-corrected chi connectivity index (χ2v) is 9.61. The largest absolute Gasteiger partial charge is 0.463 e. The molecule has 1 aliphatic carbocycles. The average molecular weight is 461 g/mol. The van der Waals surface area contributed by atoms with Gasteiger partial charge in [0, 0.05) is 19.6 Å². The van der Waals surface area contributed by atoms with Gasteiger partial charge in [0.25, 0.3) is 0 Å². The molecule has 0 unspecified atom stereocenters. The van der Waals surface area contributed by atoms with Crippen molar-refractivity contribution in [3.05, 3.63) is 0 Å². The van der Waals surface area contributed by atoms with E-state index < -0.39 is 0 Å². The van der Waals surface area contributed by atoms with Crippen molar-refractivity contribution in [2.24, 2.45) is 5.92 Å². The summed E-state index contributed by atoms with van der Waals surface area (Å²) < 4.78 is 5.64. The Bertz CT molecular complexity index is 717. The smallest absolute Gasteiger partial charge is 0.320 e. The summed E-state index contributed by atoms with van der Waals surface area (Å²) in [6, 6.07) is 1.07. The molecule has 2 aliphatic rings. The van der Waals surface area contributed by atoms with Gasteiger partial charge in [-0.2, -0.15) is 9.97 Å². The zero-order valence-electron chi connectivity index (χ0n) is 20.7. The molecule has 3 N–H and O–H groups in total. The third-order valence-corrected chi connectivity index (χ3v) is 7.28. The van der Waals surface area contributed by atoms with Crippen LogP contribution in [0.1, 0.15) is 84.0 Å². The van der Waals surface area contributed by atoms with Crippen LogP contribution in [0.15, 0.2) is 0 Å². The molecule has 1 saturated carbocycles. The average Bonchev–Trinajstić information content (AvgIpc) is 2.85. The van der Waals surface area contributed by atoms with E-state index in [1.165, 1.54) is 64.5 Å². The number of nitrogens with two attached hydrogens (primary N) is 1. The Morgan fingerprint density at radius 3 is 2.55 bits per heavy atom. The zero-order chi connectivity index (χ0) is 23.5. The van der Waals surface area contributed by atoms with Crippen LogP contribution >= 0.6 is 0 Å². The number of aromatic nitrogens is 2. The Kier molecular flexibility index (Phi) is 10.5. The van der Waals surface area contributed by atoms with Crippen molar-refractivity contribution in [1.82, 2.24) is 14.9 Å². The van der Waals surface area contributed by atoms with E-state index in [0.717, 1.165) is 44.1 Å². The number of nitrogens with zero attached hydrogens (tertiary/aromatic N) is 4. The minimum absolute atomic E-state index is 0.228. The van der Waals surface area contributed by atoms with Crippen LogP contribution in [0.4, 0.5) is 17.3 Å². The lowest BCUT2D eigenvalue weighted by atomic mass is 9.88. The number of nitrogen functional groups attached to an aromatic ring is 1. The first-order valence-electron chi connectivity index (χ1n) is 13.1. The first-order valence-corrected chi connectivity index (χ1v) is 13.1. The van der Waals surface area contributed by atoms with Crippen molar-refractivity contribution in [3.63, 3.8) is 0 Å². The predicted octanol–water partition coefficient (Wildman–Crippen LogP) is 4.46. The number of hydrogen-bond acceptors (Lipinski definition) is 7. The number of ether oxygens (including phenoxy) is 1.